The second-order valence-corrected chi connectivity index (χ2v) is 5.54. The summed E-state index contributed by atoms with van der Waals surface area (Å²) in [5.41, 5.74) is 0.494. The standard InChI is InChI=1S/C12H12N4O4S/c1-20-12-7-6-11(14-15-12)16-21(18,19)10-4-2-9(3-5-10)13-8-17/h2-8H,1H3,(H,13,17)(H,14,16). The second kappa shape index (κ2) is 6.18. The highest BCUT2D eigenvalue weighted by atomic mass is 32.2. The molecule has 0 unspecified atom stereocenters. The van der Waals surface area contributed by atoms with Crippen LogP contribution in [0.1, 0.15) is 0 Å². The average Bonchev–Trinajstić information content (AvgIpc) is 2.48. The van der Waals surface area contributed by atoms with E-state index in [-0.39, 0.29) is 16.6 Å². The van der Waals surface area contributed by atoms with Crippen molar-refractivity contribution in [1.82, 2.24) is 10.2 Å². The number of aromatic nitrogens is 2. The molecule has 2 rings (SSSR count). The van der Waals surface area contributed by atoms with Gasteiger partial charge in [0.05, 0.1) is 12.0 Å². The van der Waals surface area contributed by atoms with Crippen molar-refractivity contribution in [3.8, 4) is 5.88 Å². The van der Waals surface area contributed by atoms with Crippen LogP contribution >= 0.6 is 0 Å². The van der Waals surface area contributed by atoms with Gasteiger partial charge < -0.3 is 10.1 Å². The zero-order chi connectivity index (χ0) is 15.3. The molecule has 9 heteroatoms. The van der Waals surface area contributed by atoms with Crippen molar-refractivity contribution in [2.45, 2.75) is 4.90 Å². The Morgan fingerprint density at radius 3 is 2.33 bits per heavy atom. The van der Waals surface area contributed by atoms with Crippen LogP contribution in [0.3, 0.4) is 0 Å². The molecule has 0 aliphatic carbocycles. The molecular formula is C12H12N4O4S. The van der Waals surface area contributed by atoms with E-state index >= 15 is 0 Å². The number of carbonyl (C=O) groups is 1. The fourth-order valence-electron chi connectivity index (χ4n) is 1.48. The second-order valence-electron chi connectivity index (χ2n) is 3.85. The number of ether oxygens (including phenoxy) is 1. The molecule has 110 valence electrons. The Kier molecular flexibility index (Phi) is 4.33. The van der Waals surface area contributed by atoms with Crippen molar-refractivity contribution >= 4 is 27.9 Å². The van der Waals surface area contributed by atoms with Gasteiger partial charge in [-0.3, -0.25) is 9.52 Å². The van der Waals surface area contributed by atoms with Gasteiger partial charge in [0.15, 0.2) is 5.82 Å². The summed E-state index contributed by atoms with van der Waals surface area (Å²) in [4.78, 5) is 10.3. The first-order valence-corrected chi connectivity index (χ1v) is 7.24. The third-order valence-corrected chi connectivity index (χ3v) is 3.85. The zero-order valence-electron chi connectivity index (χ0n) is 11.0. The summed E-state index contributed by atoms with van der Waals surface area (Å²) in [6, 6.07) is 8.61. The van der Waals surface area contributed by atoms with E-state index in [0.717, 1.165) is 0 Å². The molecule has 0 radical (unpaired) electrons. The van der Waals surface area contributed by atoms with Crippen LogP contribution in [-0.4, -0.2) is 32.1 Å². The monoisotopic (exact) mass is 308 g/mol. The van der Waals surface area contributed by atoms with Gasteiger partial charge in [-0.05, 0) is 30.3 Å². The van der Waals surface area contributed by atoms with E-state index in [9.17, 15) is 13.2 Å². The highest BCUT2D eigenvalue weighted by molar-refractivity contribution is 7.92. The number of methoxy groups -OCH3 is 1. The van der Waals surface area contributed by atoms with Crippen LogP contribution in [-0.2, 0) is 14.8 Å². The Morgan fingerprint density at radius 2 is 1.81 bits per heavy atom. The Balaban J connectivity index is 2.18. The van der Waals surface area contributed by atoms with Crippen LogP contribution in [0.15, 0.2) is 41.3 Å². The number of nitrogens with zero attached hydrogens (tertiary/aromatic N) is 2. The summed E-state index contributed by atoms with van der Waals surface area (Å²) in [7, 11) is -2.34. The number of carbonyl (C=O) groups excluding carboxylic acids is 1. The summed E-state index contributed by atoms with van der Waals surface area (Å²) in [6.45, 7) is 0. The molecule has 0 saturated carbocycles. The first kappa shape index (κ1) is 14.7. The molecule has 0 saturated heterocycles. The van der Waals surface area contributed by atoms with E-state index in [4.69, 9.17) is 4.74 Å². The largest absolute Gasteiger partial charge is 0.480 e. The van der Waals surface area contributed by atoms with Gasteiger partial charge >= 0.3 is 0 Å². The summed E-state index contributed by atoms with van der Waals surface area (Å²) in [6.07, 6.45) is 0.509. The number of hydrogen-bond donors (Lipinski definition) is 2. The average molecular weight is 308 g/mol. The Hall–Kier alpha value is -2.68. The molecule has 1 heterocycles. The molecule has 0 aliphatic heterocycles. The van der Waals surface area contributed by atoms with Crippen molar-refractivity contribution < 1.29 is 17.9 Å². The molecule has 1 aromatic carbocycles. The van der Waals surface area contributed by atoms with E-state index in [1.165, 1.54) is 43.5 Å². The van der Waals surface area contributed by atoms with Crippen molar-refractivity contribution in [2.24, 2.45) is 0 Å². The Morgan fingerprint density at radius 1 is 1.10 bits per heavy atom. The molecule has 2 aromatic rings. The normalized spacial score (nSPS) is 10.7. The molecule has 0 bridgehead atoms. The number of sulfonamides is 1. The van der Waals surface area contributed by atoms with Crippen molar-refractivity contribution in [2.75, 3.05) is 17.1 Å². The maximum Gasteiger partial charge on any atom is 0.263 e. The maximum atomic E-state index is 12.1. The molecule has 0 spiro atoms. The van der Waals surface area contributed by atoms with Crippen molar-refractivity contribution in [1.29, 1.82) is 0 Å². The van der Waals surface area contributed by atoms with Crippen LogP contribution < -0.4 is 14.8 Å². The molecule has 8 nitrogen and oxygen atoms in total. The van der Waals surface area contributed by atoms with Gasteiger partial charge in [-0.25, -0.2) is 8.42 Å². The lowest BCUT2D eigenvalue weighted by Crippen LogP contribution is -2.14. The van der Waals surface area contributed by atoms with Crippen LogP contribution in [0.4, 0.5) is 11.5 Å². The first-order valence-electron chi connectivity index (χ1n) is 5.76. The Labute approximate surface area is 121 Å². The lowest BCUT2D eigenvalue weighted by atomic mass is 10.3. The van der Waals surface area contributed by atoms with Gasteiger partial charge in [0.25, 0.3) is 10.0 Å². The summed E-state index contributed by atoms with van der Waals surface area (Å²) < 4.78 is 31.4. The van der Waals surface area contributed by atoms with E-state index in [0.29, 0.717) is 12.1 Å². The highest BCUT2D eigenvalue weighted by Crippen LogP contribution is 2.17. The third kappa shape index (κ3) is 3.66. The van der Waals surface area contributed by atoms with E-state index < -0.39 is 10.0 Å². The van der Waals surface area contributed by atoms with Crippen LogP contribution in [0, 0.1) is 0 Å². The molecule has 0 fully saturated rings. The van der Waals surface area contributed by atoms with Gasteiger partial charge in [0.1, 0.15) is 0 Å². The molecule has 1 aromatic heterocycles. The minimum atomic E-state index is -3.77. The molecule has 1 amide bonds. The van der Waals surface area contributed by atoms with Crippen molar-refractivity contribution in [3.63, 3.8) is 0 Å². The number of nitrogens with one attached hydrogen (secondary N) is 2. The van der Waals surface area contributed by atoms with Gasteiger partial charge in [0, 0.05) is 11.8 Å². The van der Waals surface area contributed by atoms with E-state index in [2.05, 4.69) is 20.2 Å². The third-order valence-electron chi connectivity index (χ3n) is 2.48. The molecule has 21 heavy (non-hydrogen) atoms. The molecule has 2 N–H and O–H groups in total. The number of rotatable bonds is 6. The topological polar surface area (TPSA) is 110 Å². The number of hydrogen-bond acceptors (Lipinski definition) is 6. The molecule has 0 atom stereocenters. The number of benzene rings is 1. The lowest BCUT2D eigenvalue weighted by molar-refractivity contribution is -0.105. The predicted molar refractivity (Wildman–Crippen MR) is 75.5 cm³/mol. The summed E-state index contributed by atoms with van der Waals surface area (Å²) in [5.74, 6) is 0.355. The fourth-order valence-corrected chi connectivity index (χ4v) is 2.47. The minimum Gasteiger partial charge on any atom is -0.480 e. The first-order chi connectivity index (χ1) is 10.0. The number of amides is 1. The summed E-state index contributed by atoms with van der Waals surface area (Å²) >= 11 is 0. The van der Waals surface area contributed by atoms with Gasteiger partial charge in [0.2, 0.25) is 12.3 Å². The minimum absolute atomic E-state index is 0.0385. The highest BCUT2D eigenvalue weighted by Gasteiger charge is 2.15. The lowest BCUT2D eigenvalue weighted by Gasteiger charge is -2.07. The smallest absolute Gasteiger partial charge is 0.263 e. The molecule has 0 aliphatic rings. The Bertz CT molecular complexity index is 714. The van der Waals surface area contributed by atoms with Gasteiger partial charge in [-0.15, -0.1) is 10.2 Å². The summed E-state index contributed by atoms with van der Waals surface area (Å²) in [5, 5.41) is 9.77. The molecular weight excluding hydrogens is 296 g/mol. The SMILES string of the molecule is COc1ccc(NS(=O)(=O)c2ccc(NC=O)cc2)nn1. The quantitative estimate of drug-likeness (QED) is 0.766. The fraction of sp³-hybridized carbons (Fsp3) is 0.0833. The number of anilines is 2. The van der Waals surface area contributed by atoms with E-state index in [1.54, 1.807) is 0 Å². The van der Waals surface area contributed by atoms with Crippen LogP contribution in [0.5, 0.6) is 5.88 Å². The van der Waals surface area contributed by atoms with E-state index in [1.807, 2.05) is 0 Å². The van der Waals surface area contributed by atoms with Crippen LogP contribution in [0.25, 0.3) is 0 Å². The van der Waals surface area contributed by atoms with Gasteiger partial charge in [-0.2, -0.15) is 0 Å². The van der Waals surface area contributed by atoms with Crippen molar-refractivity contribution in [3.05, 3.63) is 36.4 Å². The van der Waals surface area contributed by atoms with Crippen LogP contribution in [0.2, 0.25) is 0 Å². The van der Waals surface area contributed by atoms with Gasteiger partial charge in [-0.1, -0.05) is 0 Å². The predicted octanol–water partition coefficient (Wildman–Crippen LogP) is 0.854. The maximum absolute atomic E-state index is 12.1. The zero-order valence-corrected chi connectivity index (χ0v) is 11.8.